The summed E-state index contributed by atoms with van der Waals surface area (Å²) in [6.45, 7) is 8.39. The van der Waals surface area contributed by atoms with E-state index in [0.717, 1.165) is 17.0 Å². The average Bonchev–Trinajstić information content (AvgIpc) is 2.76. The highest BCUT2D eigenvalue weighted by Crippen LogP contribution is 2.26. The van der Waals surface area contributed by atoms with Gasteiger partial charge in [0.15, 0.2) is 5.65 Å². The first-order valence-electron chi connectivity index (χ1n) is 6.96. The molecule has 0 aliphatic carbocycles. The minimum Gasteiger partial charge on any atom is -0.240 e. The Morgan fingerprint density at radius 1 is 1.05 bits per heavy atom. The molecule has 0 spiro atoms. The molecule has 0 N–H and O–H groups in total. The number of aryl methyl sites for hydroxylation is 3. The summed E-state index contributed by atoms with van der Waals surface area (Å²) in [6.07, 6.45) is 0. The van der Waals surface area contributed by atoms with Gasteiger partial charge in [-0.15, -0.1) is 0 Å². The molecular weight excluding hydrogens is 246 g/mol. The predicted octanol–water partition coefficient (Wildman–Crippen LogP) is 3.97. The van der Waals surface area contributed by atoms with Gasteiger partial charge in [0.25, 0.3) is 0 Å². The second-order valence-electron chi connectivity index (χ2n) is 5.40. The van der Waals surface area contributed by atoms with Crippen LogP contribution in [-0.4, -0.2) is 14.8 Å². The number of fused-ring (bicyclic) bond motifs is 1. The van der Waals surface area contributed by atoms with Crippen LogP contribution in [0.4, 0.5) is 0 Å². The van der Waals surface area contributed by atoms with Gasteiger partial charge in [-0.3, -0.25) is 0 Å². The summed E-state index contributed by atoms with van der Waals surface area (Å²) < 4.78 is 2.04. The van der Waals surface area contributed by atoms with Crippen LogP contribution < -0.4 is 0 Å². The molecule has 20 heavy (non-hydrogen) atoms. The minimum absolute atomic E-state index is 0.182. The van der Waals surface area contributed by atoms with Crippen molar-refractivity contribution in [3.05, 3.63) is 58.9 Å². The molecule has 3 heteroatoms. The van der Waals surface area contributed by atoms with Crippen LogP contribution in [0.1, 0.15) is 35.5 Å². The lowest BCUT2D eigenvalue weighted by atomic mass is 10.1. The van der Waals surface area contributed by atoms with Crippen LogP contribution in [0.5, 0.6) is 0 Å². The second kappa shape index (κ2) is 4.75. The zero-order valence-electron chi connectivity index (χ0n) is 12.4. The van der Waals surface area contributed by atoms with Gasteiger partial charge in [0.2, 0.25) is 0 Å². The lowest BCUT2D eigenvalue weighted by molar-refractivity contribution is 0.574. The van der Waals surface area contributed by atoms with Crippen molar-refractivity contribution in [3.8, 4) is 0 Å². The highest BCUT2D eigenvalue weighted by molar-refractivity contribution is 5.82. The fourth-order valence-corrected chi connectivity index (χ4v) is 2.83. The molecule has 2 heterocycles. The van der Waals surface area contributed by atoms with Gasteiger partial charge in [-0.05, 0) is 44.9 Å². The summed E-state index contributed by atoms with van der Waals surface area (Å²) >= 11 is 0. The summed E-state index contributed by atoms with van der Waals surface area (Å²) in [5.74, 6) is 0. The molecule has 1 atom stereocenters. The molecule has 0 aliphatic rings. The van der Waals surface area contributed by atoms with E-state index in [1.54, 1.807) is 0 Å². The van der Waals surface area contributed by atoms with Crippen LogP contribution in [0.3, 0.4) is 0 Å². The Morgan fingerprint density at radius 2 is 1.75 bits per heavy atom. The highest BCUT2D eigenvalue weighted by atomic mass is 15.3. The quantitative estimate of drug-likeness (QED) is 0.702. The third-order valence-corrected chi connectivity index (χ3v) is 3.81. The number of rotatable bonds is 2. The smallest absolute Gasteiger partial charge is 0.159 e. The minimum atomic E-state index is 0.182. The van der Waals surface area contributed by atoms with Gasteiger partial charge in [0.1, 0.15) is 0 Å². The third-order valence-electron chi connectivity index (χ3n) is 3.81. The van der Waals surface area contributed by atoms with Crippen molar-refractivity contribution in [2.75, 3.05) is 0 Å². The Labute approximate surface area is 119 Å². The van der Waals surface area contributed by atoms with E-state index in [4.69, 9.17) is 10.1 Å². The van der Waals surface area contributed by atoms with E-state index in [2.05, 4.69) is 51.1 Å². The first-order chi connectivity index (χ1) is 9.58. The number of hydrogen-bond acceptors (Lipinski definition) is 2. The number of pyridine rings is 1. The highest BCUT2D eigenvalue weighted by Gasteiger charge is 2.17. The van der Waals surface area contributed by atoms with Crippen LogP contribution in [0.15, 0.2) is 36.4 Å². The van der Waals surface area contributed by atoms with Gasteiger partial charge in [-0.1, -0.05) is 30.3 Å². The van der Waals surface area contributed by atoms with Crippen molar-refractivity contribution in [2.24, 2.45) is 0 Å². The summed E-state index contributed by atoms with van der Waals surface area (Å²) in [5.41, 5.74) is 5.56. The van der Waals surface area contributed by atoms with E-state index in [1.807, 2.05) is 17.7 Å². The summed E-state index contributed by atoms with van der Waals surface area (Å²) in [7, 11) is 0. The molecule has 0 saturated carbocycles. The van der Waals surface area contributed by atoms with E-state index in [-0.39, 0.29) is 6.04 Å². The lowest BCUT2D eigenvalue weighted by Crippen LogP contribution is -2.09. The molecule has 0 bridgehead atoms. The number of benzene rings is 1. The van der Waals surface area contributed by atoms with Gasteiger partial charge in [0.05, 0.1) is 11.7 Å². The van der Waals surface area contributed by atoms with Crippen LogP contribution in [0.25, 0.3) is 11.0 Å². The van der Waals surface area contributed by atoms with Crippen LogP contribution >= 0.6 is 0 Å². The van der Waals surface area contributed by atoms with E-state index >= 15 is 0 Å². The molecule has 1 aromatic carbocycles. The van der Waals surface area contributed by atoms with Crippen molar-refractivity contribution < 1.29 is 0 Å². The van der Waals surface area contributed by atoms with E-state index in [9.17, 15) is 0 Å². The first-order valence-corrected chi connectivity index (χ1v) is 6.96. The number of nitrogens with zero attached hydrogens (tertiary/aromatic N) is 3. The molecule has 3 nitrogen and oxygen atoms in total. The molecule has 0 fully saturated rings. The fourth-order valence-electron chi connectivity index (χ4n) is 2.83. The maximum atomic E-state index is 4.72. The summed E-state index contributed by atoms with van der Waals surface area (Å²) in [5, 5.41) is 5.90. The fraction of sp³-hybridized carbons (Fsp3) is 0.294. The standard InChI is InChI=1S/C17H19N3/c1-11-10-12(2)18-17-16(11)13(3)19-20(17)14(4)15-8-6-5-7-9-15/h5-10,14H,1-4H3/t14-/m1/s1. The number of aromatic nitrogens is 3. The SMILES string of the molecule is Cc1cc(C)c2c(C)nn([C@H](C)c3ccccc3)c2n1. The second-order valence-corrected chi connectivity index (χ2v) is 5.40. The molecule has 0 aliphatic heterocycles. The maximum absolute atomic E-state index is 4.72. The molecule has 0 radical (unpaired) electrons. The Kier molecular flexibility index (Phi) is 3.05. The van der Waals surface area contributed by atoms with Gasteiger partial charge < -0.3 is 0 Å². The normalized spacial score (nSPS) is 12.8. The van der Waals surface area contributed by atoms with Crippen molar-refractivity contribution in [1.29, 1.82) is 0 Å². The molecule has 3 aromatic rings. The Hall–Kier alpha value is -2.16. The average molecular weight is 265 g/mol. The molecule has 0 amide bonds. The first kappa shape index (κ1) is 12.9. The van der Waals surface area contributed by atoms with Crippen molar-refractivity contribution >= 4 is 11.0 Å². The molecule has 2 aromatic heterocycles. The third kappa shape index (κ3) is 1.99. The topological polar surface area (TPSA) is 30.7 Å². The van der Waals surface area contributed by atoms with Crippen LogP contribution in [0.2, 0.25) is 0 Å². The zero-order valence-corrected chi connectivity index (χ0v) is 12.4. The van der Waals surface area contributed by atoms with Crippen molar-refractivity contribution in [1.82, 2.24) is 14.8 Å². The molecular formula is C17H19N3. The van der Waals surface area contributed by atoms with E-state index in [1.165, 1.54) is 16.5 Å². The zero-order chi connectivity index (χ0) is 14.3. The Morgan fingerprint density at radius 3 is 2.45 bits per heavy atom. The summed E-state index contributed by atoms with van der Waals surface area (Å²) in [4.78, 5) is 4.70. The lowest BCUT2D eigenvalue weighted by Gasteiger charge is -2.13. The van der Waals surface area contributed by atoms with E-state index < -0.39 is 0 Å². The molecule has 102 valence electrons. The predicted molar refractivity (Wildman–Crippen MR) is 82.0 cm³/mol. The maximum Gasteiger partial charge on any atom is 0.159 e. The monoisotopic (exact) mass is 265 g/mol. The molecule has 0 unspecified atom stereocenters. The van der Waals surface area contributed by atoms with Crippen molar-refractivity contribution in [3.63, 3.8) is 0 Å². The Balaban J connectivity index is 2.22. The largest absolute Gasteiger partial charge is 0.240 e. The van der Waals surface area contributed by atoms with E-state index in [0.29, 0.717) is 0 Å². The Bertz CT molecular complexity index is 757. The molecule has 0 saturated heterocycles. The van der Waals surface area contributed by atoms with Gasteiger partial charge in [0, 0.05) is 11.1 Å². The number of hydrogen-bond donors (Lipinski definition) is 0. The van der Waals surface area contributed by atoms with Gasteiger partial charge in [-0.2, -0.15) is 5.10 Å². The van der Waals surface area contributed by atoms with Crippen molar-refractivity contribution in [2.45, 2.75) is 33.7 Å². The summed E-state index contributed by atoms with van der Waals surface area (Å²) in [6, 6.07) is 12.7. The molecule has 3 rings (SSSR count). The van der Waals surface area contributed by atoms with Crippen LogP contribution in [-0.2, 0) is 0 Å². The van der Waals surface area contributed by atoms with Gasteiger partial charge >= 0.3 is 0 Å². The van der Waals surface area contributed by atoms with Crippen LogP contribution in [0, 0.1) is 20.8 Å². The van der Waals surface area contributed by atoms with Gasteiger partial charge in [-0.25, -0.2) is 9.67 Å².